The molecular weight excluding hydrogens is 669 g/mol. The molecule has 0 saturated heterocycles. The highest BCUT2D eigenvalue weighted by molar-refractivity contribution is 5.91. The Morgan fingerprint density at radius 1 is 0.727 bits per heavy atom. The third kappa shape index (κ3) is 5.66. The van der Waals surface area contributed by atoms with Gasteiger partial charge in [-0.25, -0.2) is 0 Å². The lowest BCUT2D eigenvalue weighted by molar-refractivity contribution is 0.425. The summed E-state index contributed by atoms with van der Waals surface area (Å²) in [5.41, 5.74) is 17.8. The van der Waals surface area contributed by atoms with Gasteiger partial charge in [-0.1, -0.05) is 130 Å². The Hall–Kier alpha value is -6.58. The van der Waals surface area contributed by atoms with E-state index in [1.807, 2.05) is 0 Å². The number of rotatable bonds is 5. The van der Waals surface area contributed by atoms with Gasteiger partial charge in [0.2, 0.25) is 0 Å². The van der Waals surface area contributed by atoms with Crippen LogP contribution in [0.1, 0.15) is 48.4 Å². The van der Waals surface area contributed by atoms with Crippen LogP contribution in [0, 0.1) is 0 Å². The monoisotopic (exact) mass is 710 g/mol. The van der Waals surface area contributed by atoms with Gasteiger partial charge in [-0.2, -0.15) is 0 Å². The van der Waals surface area contributed by atoms with Crippen LogP contribution in [0.4, 0.5) is 22.7 Å². The van der Waals surface area contributed by atoms with Crippen LogP contribution in [-0.4, -0.2) is 0 Å². The third-order valence-electron chi connectivity index (χ3n) is 11.8. The highest BCUT2D eigenvalue weighted by atomic mass is 16.5. The molecule has 1 N–H and O–H groups in total. The van der Waals surface area contributed by atoms with Crippen molar-refractivity contribution in [1.29, 1.82) is 0 Å². The van der Waals surface area contributed by atoms with Crippen LogP contribution in [0.5, 0.6) is 5.75 Å². The summed E-state index contributed by atoms with van der Waals surface area (Å²) in [6.45, 7) is 9.07. The average molecular weight is 711 g/mol. The molecule has 3 nitrogen and oxygen atoms in total. The van der Waals surface area contributed by atoms with Gasteiger partial charge in [0.05, 0.1) is 11.6 Å². The number of hydrogen-bond donors (Lipinski definition) is 1. The summed E-state index contributed by atoms with van der Waals surface area (Å²) in [6.07, 6.45) is 12.9. The average Bonchev–Trinajstić information content (AvgIpc) is 3.72. The Labute approximate surface area is 324 Å². The molecular formula is C52H42N2O. The molecule has 0 radical (unpaired) electrons. The van der Waals surface area contributed by atoms with Gasteiger partial charge < -0.3 is 15.0 Å². The fourth-order valence-electron chi connectivity index (χ4n) is 8.96. The second-order valence-electron chi connectivity index (χ2n) is 15.4. The standard InChI is InChI=1S/C52H42N2O/c1-34-32-46-43(42-14-7-9-16-45(42)52(46,2)3)30-24-39-33-38(25-31-47(39)53-34)37-22-28-41(29-23-37)54(40-26-20-36(21-27-40)35-12-5-4-6-13-35)48-17-11-19-50-51(48)44-15-8-10-18-49(44)55-50/h4-14,16-23,25-33,44,53H,1,15,24H2,2-3H3/b43-30-,46-32+. The van der Waals surface area contributed by atoms with Crippen molar-refractivity contribution in [1.82, 2.24) is 0 Å². The van der Waals surface area contributed by atoms with Gasteiger partial charge in [0.25, 0.3) is 0 Å². The van der Waals surface area contributed by atoms with Crippen LogP contribution in [0.25, 0.3) is 27.8 Å². The summed E-state index contributed by atoms with van der Waals surface area (Å²) >= 11 is 0. The molecule has 0 aromatic heterocycles. The van der Waals surface area contributed by atoms with Crippen molar-refractivity contribution in [2.75, 3.05) is 10.2 Å². The first kappa shape index (κ1) is 33.0. The highest BCUT2D eigenvalue weighted by Gasteiger charge is 2.38. The molecule has 2 aliphatic heterocycles. The lowest BCUT2D eigenvalue weighted by atomic mass is 9.81. The Bertz CT molecular complexity index is 2620. The number of hydrogen-bond acceptors (Lipinski definition) is 3. The van der Waals surface area contributed by atoms with Crippen molar-refractivity contribution >= 4 is 28.3 Å². The summed E-state index contributed by atoms with van der Waals surface area (Å²) in [4.78, 5) is 2.39. The van der Waals surface area contributed by atoms with E-state index in [1.165, 1.54) is 55.7 Å². The molecule has 6 aromatic carbocycles. The minimum absolute atomic E-state index is 0.0897. The molecule has 266 valence electrons. The molecule has 0 bridgehead atoms. The maximum atomic E-state index is 6.42. The molecule has 55 heavy (non-hydrogen) atoms. The van der Waals surface area contributed by atoms with Gasteiger partial charge in [0.1, 0.15) is 11.5 Å². The van der Waals surface area contributed by atoms with Crippen LogP contribution in [0.3, 0.4) is 0 Å². The fourth-order valence-corrected chi connectivity index (χ4v) is 8.96. The molecule has 1 unspecified atom stereocenters. The van der Waals surface area contributed by atoms with Crippen LogP contribution in [-0.2, 0) is 11.8 Å². The normalized spacial score (nSPS) is 19.2. The zero-order valence-electron chi connectivity index (χ0n) is 31.2. The quantitative estimate of drug-likeness (QED) is 0.193. The van der Waals surface area contributed by atoms with E-state index < -0.39 is 0 Å². The number of nitrogens with one attached hydrogen (secondary N) is 1. The third-order valence-corrected chi connectivity index (χ3v) is 11.8. The van der Waals surface area contributed by atoms with Gasteiger partial charge in [0.15, 0.2) is 0 Å². The lowest BCUT2D eigenvalue weighted by Crippen LogP contribution is -2.15. The Balaban J connectivity index is 1.02. The van der Waals surface area contributed by atoms with Gasteiger partial charge in [-0.15, -0.1) is 0 Å². The number of allylic oxidation sites excluding steroid dienone is 8. The fraction of sp³-hybridized carbons (Fsp3) is 0.115. The van der Waals surface area contributed by atoms with E-state index in [2.05, 4.69) is 201 Å². The van der Waals surface area contributed by atoms with Crippen LogP contribution >= 0.6 is 0 Å². The van der Waals surface area contributed by atoms with Crippen LogP contribution in [0.15, 0.2) is 194 Å². The van der Waals surface area contributed by atoms with Gasteiger partial charge in [-0.3, -0.25) is 0 Å². The first-order valence-electron chi connectivity index (χ1n) is 19.3. The van der Waals surface area contributed by atoms with Crippen LogP contribution < -0.4 is 15.0 Å². The van der Waals surface area contributed by atoms with E-state index >= 15 is 0 Å². The topological polar surface area (TPSA) is 24.5 Å². The van der Waals surface area contributed by atoms with E-state index in [9.17, 15) is 0 Å². The molecule has 0 amide bonds. The minimum Gasteiger partial charge on any atom is -0.461 e. The summed E-state index contributed by atoms with van der Waals surface area (Å²) < 4.78 is 6.42. The van der Waals surface area contributed by atoms with Crippen molar-refractivity contribution in [3.05, 3.63) is 216 Å². The first-order chi connectivity index (χ1) is 26.9. The SMILES string of the molecule is C=C1/C=C2\C(=C/Cc3cc(-c4ccc(N(c5ccc(-c6ccccc6)cc5)c5cccc6c5C5CC=CC=C5O6)cc4)ccc3N1)c1ccccc1C2(C)C. The second-order valence-corrected chi connectivity index (χ2v) is 15.4. The molecule has 4 aliphatic rings. The summed E-state index contributed by atoms with van der Waals surface area (Å²) in [6, 6.07) is 50.5. The van der Waals surface area contributed by atoms with Gasteiger partial charge in [-0.05, 0) is 124 Å². The maximum absolute atomic E-state index is 6.42. The number of ether oxygens (including phenoxy) is 1. The summed E-state index contributed by atoms with van der Waals surface area (Å²) in [5, 5.41) is 3.64. The molecule has 3 heteroatoms. The second kappa shape index (κ2) is 13.1. The van der Waals surface area contributed by atoms with E-state index in [1.54, 1.807) is 0 Å². The molecule has 0 spiro atoms. The molecule has 10 rings (SSSR count). The van der Waals surface area contributed by atoms with E-state index in [0.717, 1.165) is 52.8 Å². The highest BCUT2D eigenvalue weighted by Crippen LogP contribution is 2.53. The van der Waals surface area contributed by atoms with Gasteiger partial charge >= 0.3 is 0 Å². The van der Waals surface area contributed by atoms with Crippen molar-refractivity contribution < 1.29 is 4.74 Å². The molecule has 0 saturated carbocycles. The molecule has 0 fully saturated rings. The smallest absolute Gasteiger partial charge is 0.133 e. The molecule has 6 aromatic rings. The van der Waals surface area contributed by atoms with Crippen molar-refractivity contribution in [3.63, 3.8) is 0 Å². The molecule has 2 heterocycles. The molecule has 1 atom stereocenters. The van der Waals surface area contributed by atoms with Crippen molar-refractivity contribution in [2.24, 2.45) is 0 Å². The molecule has 2 aliphatic carbocycles. The number of fused-ring (bicyclic) bond motifs is 7. The zero-order valence-corrected chi connectivity index (χ0v) is 31.2. The first-order valence-corrected chi connectivity index (χ1v) is 19.3. The number of nitrogens with zero attached hydrogens (tertiary/aromatic N) is 1. The van der Waals surface area contributed by atoms with Crippen molar-refractivity contribution in [2.45, 2.75) is 38.0 Å². The van der Waals surface area contributed by atoms with Crippen LogP contribution in [0.2, 0.25) is 0 Å². The predicted molar refractivity (Wildman–Crippen MR) is 229 cm³/mol. The Morgan fingerprint density at radius 2 is 1.42 bits per heavy atom. The largest absolute Gasteiger partial charge is 0.461 e. The van der Waals surface area contributed by atoms with Gasteiger partial charge in [0, 0.05) is 33.7 Å². The lowest BCUT2D eigenvalue weighted by Gasteiger charge is -2.29. The minimum atomic E-state index is -0.0897. The Kier molecular flexibility index (Phi) is 7.85. The van der Waals surface area contributed by atoms with Crippen molar-refractivity contribution in [3.8, 4) is 28.0 Å². The predicted octanol–water partition coefficient (Wildman–Crippen LogP) is 13.6. The number of benzene rings is 6. The Morgan fingerprint density at radius 3 is 2.20 bits per heavy atom. The van der Waals surface area contributed by atoms with E-state index in [-0.39, 0.29) is 11.3 Å². The van der Waals surface area contributed by atoms with E-state index in [4.69, 9.17) is 4.74 Å². The summed E-state index contributed by atoms with van der Waals surface area (Å²) in [7, 11) is 0. The maximum Gasteiger partial charge on any atom is 0.133 e. The summed E-state index contributed by atoms with van der Waals surface area (Å²) in [5.74, 6) is 2.16. The zero-order chi connectivity index (χ0) is 37.1. The van der Waals surface area contributed by atoms with E-state index in [0.29, 0.717) is 0 Å². The number of anilines is 4.